The molecule has 1 aromatic carbocycles. The second kappa shape index (κ2) is 7.14. The van der Waals surface area contributed by atoms with E-state index >= 15 is 0 Å². The molecule has 2 rings (SSSR count). The van der Waals surface area contributed by atoms with Crippen molar-refractivity contribution in [1.82, 2.24) is 10.2 Å². The third-order valence-corrected chi connectivity index (χ3v) is 4.06. The molecule has 0 bridgehead atoms. The van der Waals surface area contributed by atoms with Crippen molar-refractivity contribution >= 4 is 23.2 Å². The number of hydrogen-bond donors (Lipinski definition) is 1. The van der Waals surface area contributed by atoms with Crippen LogP contribution >= 0.6 is 11.6 Å². The highest BCUT2D eigenvalue weighted by Crippen LogP contribution is 2.31. The molecule has 0 saturated heterocycles. The smallest absolute Gasteiger partial charge is 0.241 e. The first-order chi connectivity index (χ1) is 10.0. The first kappa shape index (κ1) is 16.1. The van der Waals surface area contributed by atoms with Crippen molar-refractivity contribution < 1.29 is 4.79 Å². The molecule has 21 heavy (non-hydrogen) atoms. The van der Waals surface area contributed by atoms with Crippen molar-refractivity contribution in [3.8, 4) is 0 Å². The summed E-state index contributed by atoms with van der Waals surface area (Å²) in [6.07, 6.45) is 2.51. The van der Waals surface area contributed by atoms with Crippen LogP contribution in [0.4, 0.5) is 5.69 Å². The Morgan fingerprint density at radius 3 is 2.67 bits per heavy atom. The lowest BCUT2D eigenvalue weighted by atomic mass is 10.1. The Bertz CT molecular complexity index is 500. The first-order valence-corrected chi connectivity index (χ1v) is 7.86. The van der Waals surface area contributed by atoms with Gasteiger partial charge >= 0.3 is 0 Å². The number of anilines is 1. The predicted octanol–water partition coefficient (Wildman–Crippen LogP) is 2.51. The van der Waals surface area contributed by atoms with Crippen LogP contribution in [-0.4, -0.2) is 44.0 Å². The molecule has 0 aromatic heterocycles. The molecule has 4 nitrogen and oxygen atoms in total. The standard InChI is InChI=1S/C16H24ClN3O/c1-4-20(11-15(21)19(2)3)16-12(6-5-7-14(16)17)10-18-13-8-9-13/h5-7,13,18H,4,8-11H2,1-3H3. The van der Waals surface area contributed by atoms with Crippen molar-refractivity contribution in [3.05, 3.63) is 28.8 Å². The lowest BCUT2D eigenvalue weighted by Gasteiger charge is -2.27. The average Bonchev–Trinajstić information content (AvgIpc) is 3.27. The fraction of sp³-hybridized carbons (Fsp3) is 0.562. The third kappa shape index (κ3) is 4.35. The van der Waals surface area contributed by atoms with Gasteiger partial charge in [0.2, 0.25) is 5.91 Å². The van der Waals surface area contributed by atoms with Gasteiger partial charge in [0.15, 0.2) is 0 Å². The summed E-state index contributed by atoms with van der Waals surface area (Å²) >= 11 is 6.40. The maximum Gasteiger partial charge on any atom is 0.241 e. The Morgan fingerprint density at radius 2 is 2.10 bits per heavy atom. The van der Waals surface area contributed by atoms with Gasteiger partial charge in [0.1, 0.15) is 0 Å². The molecule has 1 saturated carbocycles. The predicted molar refractivity (Wildman–Crippen MR) is 87.9 cm³/mol. The Kier molecular flexibility index (Phi) is 5.48. The molecule has 116 valence electrons. The van der Waals surface area contributed by atoms with Gasteiger partial charge in [0.05, 0.1) is 17.3 Å². The fourth-order valence-corrected chi connectivity index (χ4v) is 2.57. The average molecular weight is 310 g/mol. The minimum atomic E-state index is 0.0814. The number of carbonyl (C=O) groups is 1. The summed E-state index contributed by atoms with van der Waals surface area (Å²) in [7, 11) is 3.55. The van der Waals surface area contributed by atoms with Crippen LogP contribution in [0.15, 0.2) is 18.2 Å². The lowest BCUT2D eigenvalue weighted by molar-refractivity contribution is -0.127. The molecule has 0 atom stereocenters. The van der Waals surface area contributed by atoms with E-state index in [0.29, 0.717) is 17.6 Å². The second-order valence-corrected chi connectivity index (χ2v) is 6.11. The van der Waals surface area contributed by atoms with Gasteiger partial charge in [-0.05, 0) is 31.4 Å². The van der Waals surface area contributed by atoms with E-state index in [1.165, 1.54) is 12.8 Å². The number of nitrogens with one attached hydrogen (secondary N) is 1. The Hall–Kier alpha value is -1.26. The molecule has 1 amide bonds. The zero-order valence-corrected chi connectivity index (χ0v) is 13.8. The number of amides is 1. The van der Waals surface area contributed by atoms with Gasteiger partial charge in [-0.15, -0.1) is 0 Å². The number of para-hydroxylation sites is 1. The summed E-state index contributed by atoms with van der Waals surface area (Å²) in [5, 5.41) is 4.22. The summed E-state index contributed by atoms with van der Waals surface area (Å²) in [5.41, 5.74) is 2.13. The highest BCUT2D eigenvalue weighted by Gasteiger charge is 2.22. The molecule has 1 aromatic rings. The summed E-state index contributed by atoms with van der Waals surface area (Å²) in [6.45, 7) is 3.95. The Morgan fingerprint density at radius 1 is 1.38 bits per heavy atom. The van der Waals surface area contributed by atoms with Crippen molar-refractivity contribution in [3.63, 3.8) is 0 Å². The summed E-state index contributed by atoms with van der Waals surface area (Å²) in [6, 6.07) is 6.59. The topological polar surface area (TPSA) is 35.6 Å². The molecular weight excluding hydrogens is 286 g/mol. The van der Waals surface area contributed by atoms with E-state index in [9.17, 15) is 4.79 Å². The molecule has 0 spiro atoms. The zero-order chi connectivity index (χ0) is 15.4. The number of halogens is 1. The quantitative estimate of drug-likeness (QED) is 0.840. The van der Waals surface area contributed by atoms with Crippen LogP contribution in [-0.2, 0) is 11.3 Å². The molecule has 1 aliphatic carbocycles. The second-order valence-electron chi connectivity index (χ2n) is 5.71. The number of rotatable bonds is 7. The van der Waals surface area contributed by atoms with Crippen LogP contribution < -0.4 is 10.2 Å². The summed E-state index contributed by atoms with van der Waals surface area (Å²) in [4.78, 5) is 15.7. The molecule has 1 N–H and O–H groups in total. The van der Waals surface area contributed by atoms with E-state index in [1.54, 1.807) is 19.0 Å². The Labute approximate surface area is 132 Å². The van der Waals surface area contributed by atoms with Gasteiger partial charge in [-0.2, -0.15) is 0 Å². The minimum Gasteiger partial charge on any atom is -0.361 e. The van der Waals surface area contributed by atoms with Gasteiger partial charge < -0.3 is 15.1 Å². The van der Waals surface area contributed by atoms with E-state index in [4.69, 9.17) is 11.6 Å². The zero-order valence-electron chi connectivity index (χ0n) is 13.0. The largest absolute Gasteiger partial charge is 0.361 e. The maximum atomic E-state index is 12.0. The molecule has 1 aliphatic rings. The van der Waals surface area contributed by atoms with Gasteiger partial charge in [-0.25, -0.2) is 0 Å². The number of likely N-dealkylation sites (N-methyl/N-ethyl adjacent to an activating group) is 2. The molecule has 0 unspecified atom stereocenters. The number of benzene rings is 1. The minimum absolute atomic E-state index is 0.0814. The van der Waals surface area contributed by atoms with Crippen molar-refractivity contribution in [2.24, 2.45) is 0 Å². The van der Waals surface area contributed by atoms with Crippen LogP contribution in [0.3, 0.4) is 0 Å². The highest BCUT2D eigenvalue weighted by atomic mass is 35.5. The van der Waals surface area contributed by atoms with Crippen molar-refractivity contribution in [2.75, 3.05) is 32.1 Å². The number of nitrogens with zero attached hydrogens (tertiary/aromatic N) is 2. The van der Waals surface area contributed by atoms with E-state index in [2.05, 4.69) is 16.3 Å². The number of carbonyl (C=O) groups excluding carboxylic acids is 1. The van der Waals surface area contributed by atoms with Gasteiger partial charge in [-0.1, -0.05) is 23.7 Å². The lowest BCUT2D eigenvalue weighted by Crippen LogP contribution is -2.37. The molecular formula is C16H24ClN3O. The molecule has 0 radical (unpaired) electrons. The fourth-order valence-electron chi connectivity index (χ4n) is 2.25. The van der Waals surface area contributed by atoms with Crippen molar-refractivity contribution in [2.45, 2.75) is 32.4 Å². The normalized spacial score (nSPS) is 14.1. The third-order valence-electron chi connectivity index (χ3n) is 3.75. The van der Waals surface area contributed by atoms with E-state index in [0.717, 1.165) is 24.3 Å². The van der Waals surface area contributed by atoms with Gasteiger partial charge in [-0.3, -0.25) is 4.79 Å². The summed E-state index contributed by atoms with van der Waals surface area (Å²) in [5.74, 6) is 0.0814. The van der Waals surface area contributed by atoms with Gasteiger partial charge in [0, 0.05) is 33.2 Å². The van der Waals surface area contributed by atoms with E-state index in [1.807, 2.05) is 19.1 Å². The van der Waals surface area contributed by atoms with Crippen LogP contribution in [0.5, 0.6) is 0 Å². The van der Waals surface area contributed by atoms with Crippen LogP contribution in [0.1, 0.15) is 25.3 Å². The van der Waals surface area contributed by atoms with Crippen LogP contribution in [0, 0.1) is 0 Å². The highest BCUT2D eigenvalue weighted by molar-refractivity contribution is 6.33. The van der Waals surface area contributed by atoms with Crippen molar-refractivity contribution in [1.29, 1.82) is 0 Å². The number of hydrogen-bond acceptors (Lipinski definition) is 3. The van der Waals surface area contributed by atoms with Crippen LogP contribution in [0.25, 0.3) is 0 Å². The first-order valence-electron chi connectivity index (χ1n) is 7.48. The van der Waals surface area contributed by atoms with Gasteiger partial charge in [0.25, 0.3) is 0 Å². The molecule has 1 fully saturated rings. The Balaban J connectivity index is 2.18. The molecule has 5 heteroatoms. The monoisotopic (exact) mass is 309 g/mol. The molecule has 0 aliphatic heterocycles. The van der Waals surface area contributed by atoms with E-state index in [-0.39, 0.29) is 5.91 Å². The van der Waals surface area contributed by atoms with Crippen LogP contribution in [0.2, 0.25) is 5.02 Å². The van der Waals surface area contributed by atoms with E-state index < -0.39 is 0 Å². The maximum absolute atomic E-state index is 12.0. The molecule has 0 heterocycles. The summed E-state index contributed by atoms with van der Waals surface area (Å²) < 4.78 is 0. The SMILES string of the molecule is CCN(CC(=O)N(C)C)c1c(Cl)cccc1CNC1CC1.